The van der Waals surface area contributed by atoms with Crippen molar-refractivity contribution in [3.05, 3.63) is 43.0 Å². The molecule has 0 saturated carbocycles. The van der Waals surface area contributed by atoms with Crippen LogP contribution in [0.2, 0.25) is 8.67 Å². The number of nitrogens with two attached hydrogens (primary N) is 1. The summed E-state index contributed by atoms with van der Waals surface area (Å²) in [5, 5.41) is 2.70. The molecular formula is C11H7BrCl2N2OS. The van der Waals surface area contributed by atoms with Gasteiger partial charge in [0.05, 0.1) is 9.90 Å². The molecule has 0 aliphatic heterocycles. The minimum atomic E-state index is -0.315. The van der Waals surface area contributed by atoms with Crippen molar-refractivity contribution in [2.75, 3.05) is 11.1 Å². The van der Waals surface area contributed by atoms with Crippen molar-refractivity contribution in [1.29, 1.82) is 0 Å². The number of anilines is 2. The molecule has 1 amide bonds. The summed E-state index contributed by atoms with van der Waals surface area (Å²) in [7, 11) is 0. The molecule has 2 aromatic rings. The third-order valence-electron chi connectivity index (χ3n) is 2.16. The topological polar surface area (TPSA) is 55.1 Å². The van der Waals surface area contributed by atoms with Crippen LogP contribution in [0.3, 0.4) is 0 Å². The monoisotopic (exact) mass is 364 g/mol. The van der Waals surface area contributed by atoms with E-state index in [1.165, 1.54) is 6.07 Å². The van der Waals surface area contributed by atoms with Crippen LogP contribution in [0.25, 0.3) is 0 Å². The molecule has 0 atom stereocenters. The summed E-state index contributed by atoms with van der Waals surface area (Å²) in [5.74, 6) is -0.315. The first-order valence-electron chi connectivity index (χ1n) is 4.78. The summed E-state index contributed by atoms with van der Waals surface area (Å²) in [6, 6.07) is 6.68. The number of nitrogens with one attached hydrogen (secondary N) is 1. The lowest BCUT2D eigenvalue weighted by atomic mass is 10.2. The second kappa shape index (κ2) is 5.48. The Morgan fingerprint density at radius 3 is 2.61 bits per heavy atom. The summed E-state index contributed by atoms with van der Waals surface area (Å²) >= 11 is 16.1. The van der Waals surface area contributed by atoms with Crippen molar-refractivity contribution in [1.82, 2.24) is 0 Å². The molecule has 0 bridgehead atoms. The minimum Gasteiger partial charge on any atom is -0.398 e. The fourth-order valence-corrected chi connectivity index (χ4v) is 3.02. The van der Waals surface area contributed by atoms with Gasteiger partial charge < -0.3 is 11.1 Å². The van der Waals surface area contributed by atoms with Gasteiger partial charge in [0, 0.05) is 15.8 Å². The summed E-state index contributed by atoms with van der Waals surface area (Å²) in [6.45, 7) is 0. The summed E-state index contributed by atoms with van der Waals surface area (Å²) in [6.07, 6.45) is 0. The van der Waals surface area contributed by atoms with E-state index in [0.717, 1.165) is 15.8 Å². The first-order valence-corrected chi connectivity index (χ1v) is 7.15. The Labute approximate surface area is 126 Å². The number of nitrogen functional groups attached to an aromatic ring is 1. The van der Waals surface area contributed by atoms with Crippen LogP contribution in [0.4, 0.5) is 11.4 Å². The van der Waals surface area contributed by atoms with Crippen molar-refractivity contribution in [3.8, 4) is 0 Å². The van der Waals surface area contributed by atoms with Crippen LogP contribution in [0, 0.1) is 0 Å². The van der Waals surface area contributed by atoms with Gasteiger partial charge >= 0.3 is 0 Å². The van der Waals surface area contributed by atoms with Gasteiger partial charge in [-0.3, -0.25) is 4.79 Å². The van der Waals surface area contributed by atoms with Crippen LogP contribution < -0.4 is 11.1 Å². The second-order valence-electron chi connectivity index (χ2n) is 3.43. The maximum atomic E-state index is 11.9. The van der Waals surface area contributed by atoms with Crippen molar-refractivity contribution < 1.29 is 4.79 Å². The molecule has 0 aliphatic rings. The molecule has 18 heavy (non-hydrogen) atoms. The highest BCUT2D eigenvalue weighted by atomic mass is 79.9. The van der Waals surface area contributed by atoms with Crippen molar-refractivity contribution in [2.24, 2.45) is 0 Å². The molecular weight excluding hydrogens is 359 g/mol. The Morgan fingerprint density at radius 2 is 2.06 bits per heavy atom. The third kappa shape index (κ3) is 2.98. The summed E-state index contributed by atoms with van der Waals surface area (Å²) in [5.41, 5.74) is 7.22. The summed E-state index contributed by atoms with van der Waals surface area (Å²) in [4.78, 5) is 11.9. The van der Waals surface area contributed by atoms with Crippen molar-refractivity contribution >= 4 is 67.8 Å². The molecule has 3 nitrogen and oxygen atoms in total. The molecule has 0 fully saturated rings. The van der Waals surface area contributed by atoms with Gasteiger partial charge in [-0.05, 0) is 40.2 Å². The first-order chi connectivity index (χ1) is 8.47. The molecule has 0 saturated heterocycles. The Kier molecular flexibility index (Phi) is 4.17. The van der Waals surface area contributed by atoms with Gasteiger partial charge in [-0.25, -0.2) is 0 Å². The van der Waals surface area contributed by atoms with E-state index in [2.05, 4.69) is 21.2 Å². The highest BCUT2D eigenvalue weighted by Crippen LogP contribution is 2.32. The largest absolute Gasteiger partial charge is 0.398 e. The Morgan fingerprint density at radius 1 is 1.33 bits per heavy atom. The predicted molar refractivity (Wildman–Crippen MR) is 80.8 cm³/mol. The maximum Gasteiger partial charge on any atom is 0.258 e. The fourth-order valence-electron chi connectivity index (χ4n) is 1.32. The van der Waals surface area contributed by atoms with E-state index in [4.69, 9.17) is 28.9 Å². The molecule has 7 heteroatoms. The molecule has 0 radical (unpaired) electrons. The zero-order valence-electron chi connectivity index (χ0n) is 8.84. The van der Waals surface area contributed by atoms with Gasteiger partial charge in [0.25, 0.3) is 5.91 Å². The Balaban J connectivity index is 2.21. The van der Waals surface area contributed by atoms with E-state index < -0.39 is 0 Å². The standard InChI is InChI=1S/C11H7BrCl2N2OS/c12-7-2-1-5(3-8(7)15)16-11(17)6-4-9(13)18-10(6)14/h1-4H,15H2,(H,16,17). The molecule has 0 unspecified atom stereocenters. The van der Waals surface area contributed by atoms with Crippen LogP contribution in [0.5, 0.6) is 0 Å². The molecule has 0 aliphatic carbocycles. The van der Waals surface area contributed by atoms with E-state index in [1.807, 2.05) is 0 Å². The molecule has 94 valence electrons. The van der Waals surface area contributed by atoms with Gasteiger partial charge in [-0.2, -0.15) is 0 Å². The number of hydrogen-bond acceptors (Lipinski definition) is 3. The molecule has 1 heterocycles. The third-order valence-corrected chi connectivity index (χ3v) is 4.36. The van der Waals surface area contributed by atoms with Crippen LogP contribution in [-0.2, 0) is 0 Å². The van der Waals surface area contributed by atoms with Gasteiger partial charge in [0.1, 0.15) is 4.34 Å². The number of thiophene rings is 1. The van der Waals surface area contributed by atoms with Crippen molar-refractivity contribution in [3.63, 3.8) is 0 Å². The first kappa shape index (κ1) is 13.7. The minimum absolute atomic E-state index is 0.315. The normalized spacial score (nSPS) is 10.4. The number of halogens is 3. The quantitative estimate of drug-likeness (QED) is 0.761. The van der Waals surface area contributed by atoms with E-state index >= 15 is 0 Å². The molecule has 1 aromatic heterocycles. The SMILES string of the molecule is Nc1cc(NC(=O)c2cc(Cl)sc2Cl)ccc1Br. The van der Waals surface area contributed by atoms with Gasteiger partial charge in [0.2, 0.25) is 0 Å². The average Bonchev–Trinajstić information content (AvgIpc) is 2.63. The predicted octanol–water partition coefficient (Wildman–Crippen LogP) is 4.65. The van der Waals surface area contributed by atoms with E-state index in [9.17, 15) is 4.79 Å². The fraction of sp³-hybridized carbons (Fsp3) is 0. The Hall–Kier alpha value is -0.750. The smallest absolute Gasteiger partial charge is 0.258 e. The summed E-state index contributed by atoms with van der Waals surface area (Å²) < 4.78 is 1.61. The number of amides is 1. The number of rotatable bonds is 2. The zero-order chi connectivity index (χ0) is 13.3. The molecule has 1 aromatic carbocycles. The number of hydrogen-bond donors (Lipinski definition) is 2. The van der Waals surface area contributed by atoms with Crippen LogP contribution >= 0.6 is 50.5 Å². The highest BCUT2D eigenvalue weighted by molar-refractivity contribution is 9.10. The molecule has 0 spiro atoms. The van der Waals surface area contributed by atoms with E-state index in [1.54, 1.807) is 18.2 Å². The van der Waals surface area contributed by atoms with Crippen LogP contribution in [0.1, 0.15) is 10.4 Å². The lowest BCUT2D eigenvalue weighted by Crippen LogP contribution is -2.11. The van der Waals surface area contributed by atoms with Gasteiger partial charge in [-0.1, -0.05) is 23.2 Å². The van der Waals surface area contributed by atoms with E-state index in [-0.39, 0.29) is 5.91 Å². The van der Waals surface area contributed by atoms with Crippen LogP contribution in [0.15, 0.2) is 28.7 Å². The molecule has 2 rings (SSSR count). The number of carbonyl (C=O) groups is 1. The number of carbonyl (C=O) groups excluding carboxylic acids is 1. The lowest BCUT2D eigenvalue weighted by molar-refractivity contribution is 0.102. The van der Waals surface area contributed by atoms with Crippen LogP contribution in [-0.4, -0.2) is 5.91 Å². The maximum absolute atomic E-state index is 11.9. The van der Waals surface area contributed by atoms with Gasteiger partial charge in [-0.15, -0.1) is 11.3 Å². The number of benzene rings is 1. The lowest BCUT2D eigenvalue weighted by Gasteiger charge is -2.06. The van der Waals surface area contributed by atoms with Gasteiger partial charge in [0.15, 0.2) is 0 Å². The average molecular weight is 366 g/mol. The second-order valence-corrected chi connectivity index (χ2v) is 6.57. The molecule has 3 N–H and O–H groups in total. The Bertz CT molecular complexity index is 615. The van der Waals surface area contributed by atoms with Crippen molar-refractivity contribution in [2.45, 2.75) is 0 Å². The highest BCUT2D eigenvalue weighted by Gasteiger charge is 2.14. The van der Waals surface area contributed by atoms with E-state index in [0.29, 0.717) is 25.6 Å². The zero-order valence-corrected chi connectivity index (χ0v) is 12.8.